The lowest BCUT2D eigenvalue weighted by Crippen LogP contribution is -2.58. The van der Waals surface area contributed by atoms with Crippen LogP contribution in [0.3, 0.4) is 0 Å². The van der Waals surface area contributed by atoms with Crippen LogP contribution in [-0.4, -0.2) is 46.7 Å². The lowest BCUT2D eigenvalue weighted by molar-refractivity contribution is -0.142. The van der Waals surface area contributed by atoms with Crippen molar-refractivity contribution >= 4 is 18.0 Å². The van der Waals surface area contributed by atoms with E-state index in [1.54, 1.807) is 4.90 Å². The van der Waals surface area contributed by atoms with E-state index in [-0.39, 0.29) is 31.4 Å². The summed E-state index contributed by atoms with van der Waals surface area (Å²) < 4.78 is 5.82. The molecule has 0 radical (unpaired) electrons. The molecule has 1 fully saturated rings. The Morgan fingerprint density at radius 1 is 0.925 bits per heavy atom. The largest absolute Gasteiger partial charge is 0.481 e. The lowest BCUT2D eigenvalue weighted by Gasteiger charge is -2.42. The molecule has 2 aliphatic rings. The van der Waals surface area contributed by atoms with Gasteiger partial charge in [-0.3, -0.25) is 9.59 Å². The molecule has 3 aromatic rings. The molecule has 0 bridgehead atoms. The highest BCUT2D eigenvalue weighted by Gasteiger charge is 2.44. The number of benzene rings is 3. The summed E-state index contributed by atoms with van der Waals surface area (Å²) in [5.41, 5.74) is 4.75. The van der Waals surface area contributed by atoms with Gasteiger partial charge in [0, 0.05) is 19.0 Å². The molecule has 208 valence electrons. The molecule has 7 nitrogen and oxygen atoms in total. The third-order valence-electron chi connectivity index (χ3n) is 8.36. The highest BCUT2D eigenvalue weighted by atomic mass is 16.5. The Hall–Kier alpha value is -4.13. The maximum absolute atomic E-state index is 13.9. The van der Waals surface area contributed by atoms with Crippen LogP contribution < -0.4 is 5.32 Å². The Kier molecular flexibility index (Phi) is 8.19. The second-order valence-electron chi connectivity index (χ2n) is 11.1. The maximum atomic E-state index is 13.9. The molecule has 2 unspecified atom stereocenters. The number of aliphatic carboxylic acids is 1. The van der Waals surface area contributed by atoms with E-state index in [1.165, 1.54) is 0 Å². The summed E-state index contributed by atoms with van der Waals surface area (Å²) >= 11 is 0. The lowest BCUT2D eigenvalue weighted by atomic mass is 9.73. The molecule has 0 heterocycles. The average molecular weight is 541 g/mol. The summed E-state index contributed by atoms with van der Waals surface area (Å²) in [7, 11) is 0. The number of hydrogen-bond donors (Lipinski definition) is 2. The van der Waals surface area contributed by atoms with E-state index in [4.69, 9.17) is 4.74 Å². The van der Waals surface area contributed by atoms with Crippen molar-refractivity contribution in [2.45, 2.75) is 57.0 Å². The summed E-state index contributed by atoms with van der Waals surface area (Å²) in [4.78, 5) is 40.1. The quantitative estimate of drug-likeness (QED) is 0.348. The molecule has 2 amide bonds. The molecule has 2 N–H and O–H groups in total. The highest BCUT2D eigenvalue weighted by Crippen LogP contribution is 2.44. The van der Waals surface area contributed by atoms with Crippen molar-refractivity contribution in [2.24, 2.45) is 5.92 Å². The maximum Gasteiger partial charge on any atom is 0.407 e. The zero-order valence-electron chi connectivity index (χ0n) is 22.8. The molecule has 0 saturated heterocycles. The second-order valence-corrected chi connectivity index (χ2v) is 11.1. The van der Waals surface area contributed by atoms with Crippen LogP contribution in [0.4, 0.5) is 4.79 Å². The monoisotopic (exact) mass is 540 g/mol. The van der Waals surface area contributed by atoms with E-state index in [1.807, 2.05) is 61.5 Å². The predicted molar refractivity (Wildman–Crippen MR) is 153 cm³/mol. The molecule has 2 atom stereocenters. The first kappa shape index (κ1) is 27.4. The number of carboxylic acid groups (broad SMARTS) is 1. The van der Waals surface area contributed by atoms with Gasteiger partial charge in [-0.25, -0.2) is 4.79 Å². The van der Waals surface area contributed by atoms with Crippen molar-refractivity contribution in [1.29, 1.82) is 0 Å². The van der Waals surface area contributed by atoms with Crippen molar-refractivity contribution in [1.82, 2.24) is 10.2 Å². The van der Waals surface area contributed by atoms with Gasteiger partial charge >= 0.3 is 12.1 Å². The molecule has 0 aromatic heterocycles. The molecule has 1 saturated carbocycles. The zero-order chi connectivity index (χ0) is 28.1. The van der Waals surface area contributed by atoms with Gasteiger partial charge in [-0.15, -0.1) is 0 Å². The third kappa shape index (κ3) is 5.88. The number of fused-ring (bicyclic) bond motifs is 3. The Labute approximate surface area is 235 Å². The molecule has 3 aromatic carbocycles. The molecule has 40 heavy (non-hydrogen) atoms. The number of ether oxygens (including phenoxy) is 1. The van der Waals surface area contributed by atoms with E-state index < -0.39 is 23.5 Å². The molecule has 2 aliphatic carbocycles. The fourth-order valence-electron chi connectivity index (χ4n) is 6.27. The van der Waals surface area contributed by atoms with Gasteiger partial charge < -0.3 is 20.1 Å². The third-order valence-corrected chi connectivity index (χ3v) is 8.36. The van der Waals surface area contributed by atoms with Crippen LogP contribution in [0.25, 0.3) is 11.1 Å². The first-order chi connectivity index (χ1) is 19.4. The van der Waals surface area contributed by atoms with Crippen LogP contribution in [0.2, 0.25) is 0 Å². The summed E-state index contributed by atoms with van der Waals surface area (Å²) in [5.74, 6) is -1.60. The minimum absolute atomic E-state index is 0.0490. The Morgan fingerprint density at radius 3 is 2.20 bits per heavy atom. The van der Waals surface area contributed by atoms with E-state index in [0.717, 1.165) is 40.7 Å². The SMILES string of the molecule is CC1(NC(=O)OCC2c3ccccc3-c3ccccc32)CCCCC1C(=O)N(CCC(=O)O)Cc1ccccc1. The van der Waals surface area contributed by atoms with E-state index in [9.17, 15) is 19.5 Å². The number of alkyl carbamates (subject to hydrolysis) is 1. The predicted octanol–water partition coefficient (Wildman–Crippen LogP) is 5.98. The van der Waals surface area contributed by atoms with Gasteiger partial charge in [0.15, 0.2) is 0 Å². The van der Waals surface area contributed by atoms with Crippen molar-refractivity contribution in [3.63, 3.8) is 0 Å². The molecule has 7 heteroatoms. The van der Waals surface area contributed by atoms with Crippen LogP contribution in [0.15, 0.2) is 78.9 Å². The Morgan fingerprint density at radius 2 is 1.55 bits per heavy atom. The summed E-state index contributed by atoms with van der Waals surface area (Å²) in [6.07, 6.45) is 2.35. The number of amides is 2. The molecular formula is C33H36N2O5. The molecule has 0 spiro atoms. The van der Waals surface area contributed by atoms with E-state index in [2.05, 4.69) is 29.6 Å². The van der Waals surface area contributed by atoms with Gasteiger partial charge in [0.25, 0.3) is 0 Å². The zero-order valence-corrected chi connectivity index (χ0v) is 22.8. The minimum Gasteiger partial charge on any atom is -0.481 e. The minimum atomic E-state index is -0.950. The van der Waals surface area contributed by atoms with Gasteiger partial charge in [0.2, 0.25) is 5.91 Å². The van der Waals surface area contributed by atoms with Crippen LogP contribution >= 0.6 is 0 Å². The van der Waals surface area contributed by atoms with Gasteiger partial charge in [-0.2, -0.15) is 0 Å². The van der Waals surface area contributed by atoms with E-state index >= 15 is 0 Å². The number of carbonyl (C=O) groups excluding carboxylic acids is 2. The van der Waals surface area contributed by atoms with E-state index in [0.29, 0.717) is 19.4 Å². The number of nitrogens with zero attached hydrogens (tertiary/aromatic N) is 1. The molecule has 5 rings (SSSR count). The number of carbonyl (C=O) groups is 3. The average Bonchev–Trinajstić information content (AvgIpc) is 3.28. The first-order valence-electron chi connectivity index (χ1n) is 14.0. The Bertz CT molecular complexity index is 1330. The standard InChI is InChI=1S/C33H36N2O5/c1-33(34-32(39)40-22-28-26-15-7-5-13-24(26)25-14-6-8-16-27(25)28)19-10-9-17-29(33)31(38)35(20-18-30(36)37)21-23-11-3-2-4-12-23/h2-8,11-16,28-29H,9-10,17-22H2,1H3,(H,34,39)(H,36,37). The molecular weight excluding hydrogens is 504 g/mol. The van der Waals surface area contributed by atoms with Crippen LogP contribution in [-0.2, 0) is 20.9 Å². The van der Waals surface area contributed by atoms with Crippen LogP contribution in [0.1, 0.15) is 61.6 Å². The number of hydrogen-bond acceptors (Lipinski definition) is 4. The molecule has 0 aliphatic heterocycles. The summed E-state index contributed by atoms with van der Waals surface area (Å²) in [5, 5.41) is 12.4. The van der Waals surface area contributed by atoms with Gasteiger partial charge in [0.1, 0.15) is 6.61 Å². The van der Waals surface area contributed by atoms with Crippen molar-refractivity contribution in [3.8, 4) is 11.1 Å². The Balaban J connectivity index is 1.29. The topological polar surface area (TPSA) is 95.9 Å². The van der Waals surface area contributed by atoms with Gasteiger partial charge in [0.05, 0.1) is 17.9 Å². The normalized spacial score (nSPS) is 19.8. The fraction of sp³-hybridized carbons (Fsp3) is 0.364. The fourth-order valence-corrected chi connectivity index (χ4v) is 6.27. The van der Waals surface area contributed by atoms with Gasteiger partial charge in [-0.1, -0.05) is 91.7 Å². The van der Waals surface area contributed by atoms with Gasteiger partial charge in [-0.05, 0) is 47.6 Å². The summed E-state index contributed by atoms with van der Waals surface area (Å²) in [6, 6.07) is 26.0. The number of carboxylic acids is 1. The van der Waals surface area contributed by atoms with Crippen molar-refractivity contribution in [3.05, 3.63) is 95.6 Å². The second kappa shape index (κ2) is 11.9. The van der Waals surface area contributed by atoms with Crippen molar-refractivity contribution in [2.75, 3.05) is 13.2 Å². The first-order valence-corrected chi connectivity index (χ1v) is 14.0. The highest BCUT2D eigenvalue weighted by molar-refractivity contribution is 5.82. The summed E-state index contributed by atoms with van der Waals surface area (Å²) in [6.45, 7) is 2.55. The number of nitrogens with one attached hydrogen (secondary N) is 1. The number of rotatable bonds is 9. The van der Waals surface area contributed by atoms with Crippen molar-refractivity contribution < 1.29 is 24.2 Å². The van der Waals surface area contributed by atoms with Crippen LogP contribution in [0, 0.1) is 5.92 Å². The van der Waals surface area contributed by atoms with Crippen LogP contribution in [0.5, 0.6) is 0 Å². The smallest absolute Gasteiger partial charge is 0.407 e.